The normalized spacial score (nSPS) is 28.1. The van der Waals surface area contributed by atoms with Gasteiger partial charge in [-0.05, 0) is 25.8 Å². The van der Waals surface area contributed by atoms with Crippen LogP contribution in [0.3, 0.4) is 0 Å². The van der Waals surface area contributed by atoms with Crippen LogP contribution in [0.15, 0.2) is 11.6 Å². The van der Waals surface area contributed by atoms with E-state index in [1.807, 2.05) is 0 Å². The maximum atomic E-state index is 2.54. The first kappa shape index (κ1) is 9.47. The van der Waals surface area contributed by atoms with Crippen molar-refractivity contribution in [1.29, 1.82) is 0 Å². The lowest BCUT2D eigenvalue weighted by molar-refractivity contribution is 0.255. The standard InChI is InChI=1S/C11H19NS/c1-9(12(4)13-7-8-13)11(2,3)10-5-6-10/h5,7,9H,6,8H2,1-4H3. The minimum Gasteiger partial charge on any atom is -0.255 e. The molecule has 0 aromatic carbocycles. The van der Waals surface area contributed by atoms with Crippen molar-refractivity contribution in [1.82, 2.24) is 4.31 Å². The molecule has 2 unspecified atom stereocenters. The van der Waals surface area contributed by atoms with Gasteiger partial charge in [0.1, 0.15) is 0 Å². The van der Waals surface area contributed by atoms with E-state index < -0.39 is 0 Å². The lowest BCUT2D eigenvalue weighted by Gasteiger charge is -2.36. The Kier molecular flexibility index (Phi) is 2.16. The zero-order chi connectivity index (χ0) is 9.64. The third kappa shape index (κ3) is 1.75. The van der Waals surface area contributed by atoms with Crippen LogP contribution >= 0.6 is 10.7 Å². The fraction of sp³-hybridized carbons (Fsp3) is 0.727. The molecule has 0 saturated carbocycles. The quantitative estimate of drug-likeness (QED) is 0.495. The van der Waals surface area contributed by atoms with Gasteiger partial charge < -0.3 is 0 Å². The Balaban J connectivity index is 2.05. The second-order valence-corrected chi connectivity index (χ2v) is 6.66. The van der Waals surface area contributed by atoms with E-state index in [-0.39, 0.29) is 0 Å². The Labute approximate surface area is 83.9 Å². The molecule has 0 N–H and O–H groups in total. The van der Waals surface area contributed by atoms with Crippen LogP contribution in [0.4, 0.5) is 0 Å². The van der Waals surface area contributed by atoms with E-state index in [0.29, 0.717) is 22.1 Å². The van der Waals surface area contributed by atoms with Gasteiger partial charge in [-0.25, -0.2) is 0 Å². The maximum Gasteiger partial charge on any atom is 0.0262 e. The molecule has 2 rings (SSSR count). The third-order valence-corrected chi connectivity index (χ3v) is 5.20. The molecule has 2 heteroatoms. The van der Waals surface area contributed by atoms with Crippen LogP contribution in [-0.4, -0.2) is 28.5 Å². The van der Waals surface area contributed by atoms with Crippen molar-refractivity contribution in [3.8, 4) is 0 Å². The van der Waals surface area contributed by atoms with Gasteiger partial charge in [0.05, 0.1) is 0 Å². The molecule has 0 spiro atoms. The fourth-order valence-corrected chi connectivity index (χ4v) is 3.15. The molecule has 1 aliphatic carbocycles. The summed E-state index contributed by atoms with van der Waals surface area (Å²) in [5.74, 6) is 1.32. The average molecular weight is 197 g/mol. The molecule has 1 nitrogen and oxygen atoms in total. The largest absolute Gasteiger partial charge is 0.255 e. The Morgan fingerprint density at radius 1 is 1.54 bits per heavy atom. The Morgan fingerprint density at radius 3 is 2.46 bits per heavy atom. The maximum absolute atomic E-state index is 2.54. The summed E-state index contributed by atoms with van der Waals surface area (Å²) in [4.78, 5) is 0. The smallest absolute Gasteiger partial charge is 0.0262 e. The van der Waals surface area contributed by atoms with E-state index >= 15 is 0 Å². The molecule has 0 aromatic rings. The highest BCUT2D eigenvalue weighted by atomic mass is 32.2. The van der Waals surface area contributed by atoms with Gasteiger partial charge in [-0.2, -0.15) is 0 Å². The van der Waals surface area contributed by atoms with Crippen LogP contribution in [0.2, 0.25) is 0 Å². The van der Waals surface area contributed by atoms with Gasteiger partial charge in [0.2, 0.25) is 0 Å². The molecule has 0 fully saturated rings. The topological polar surface area (TPSA) is 3.24 Å². The highest BCUT2D eigenvalue weighted by molar-refractivity contribution is 8.20. The van der Waals surface area contributed by atoms with E-state index in [1.165, 1.54) is 12.2 Å². The first-order chi connectivity index (χ1) is 6.03. The molecule has 0 amide bonds. The minimum absolute atomic E-state index is 0.387. The van der Waals surface area contributed by atoms with Gasteiger partial charge in [0.25, 0.3) is 0 Å². The average Bonchev–Trinajstić information content (AvgIpc) is 2.89. The highest BCUT2D eigenvalue weighted by Crippen LogP contribution is 2.45. The molecule has 2 aliphatic rings. The van der Waals surface area contributed by atoms with Crippen LogP contribution < -0.4 is 0 Å². The zero-order valence-electron chi connectivity index (χ0n) is 9.00. The SMILES string of the molecule is CC(N(C)S1=CC1)C(C)(C)C1=CC1. The summed E-state index contributed by atoms with van der Waals surface area (Å²) in [5, 5.41) is 2.41. The number of nitrogens with zero attached hydrogens (tertiary/aromatic N) is 1. The predicted molar refractivity (Wildman–Crippen MR) is 62.2 cm³/mol. The third-order valence-electron chi connectivity index (χ3n) is 3.51. The number of hydrogen-bond acceptors (Lipinski definition) is 1. The van der Waals surface area contributed by atoms with Gasteiger partial charge in [-0.3, -0.25) is 4.31 Å². The summed E-state index contributed by atoms with van der Waals surface area (Å²) >= 11 is 0. The second-order valence-electron chi connectivity index (χ2n) is 4.61. The first-order valence-corrected chi connectivity index (χ1v) is 6.40. The number of allylic oxidation sites excluding steroid dienone is 1. The molecular formula is C11H19NS. The Morgan fingerprint density at radius 2 is 2.08 bits per heavy atom. The van der Waals surface area contributed by atoms with Crippen LogP contribution in [0.25, 0.3) is 0 Å². The summed E-state index contributed by atoms with van der Waals surface area (Å²) in [6.45, 7) is 7.11. The summed E-state index contributed by atoms with van der Waals surface area (Å²) in [5.41, 5.74) is 2.04. The van der Waals surface area contributed by atoms with Crippen molar-refractivity contribution < 1.29 is 0 Å². The van der Waals surface area contributed by atoms with E-state index in [4.69, 9.17) is 0 Å². The first-order valence-electron chi connectivity index (χ1n) is 4.99. The van der Waals surface area contributed by atoms with Crippen molar-refractivity contribution in [2.24, 2.45) is 5.41 Å². The van der Waals surface area contributed by atoms with Gasteiger partial charge in [-0.1, -0.05) is 25.5 Å². The Hall–Kier alpha value is -0.0800. The molecule has 0 saturated heterocycles. The van der Waals surface area contributed by atoms with Crippen molar-refractivity contribution in [2.45, 2.75) is 33.2 Å². The summed E-state index contributed by atoms with van der Waals surface area (Å²) in [6.07, 6.45) is 3.62. The van der Waals surface area contributed by atoms with E-state index in [1.54, 1.807) is 5.57 Å². The molecule has 2 atom stereocenters. The molecule has 74 valence electrons. The summed E-state index contributed by atoms with van der Waals surface area (Å²) < 4.78 is 2.54. The molecule has 0 aromatic heterocycles. The van der Waals surface area contributed by atoms with Crippen molar-refractivity contribution in [3.05, 3.63) is 11.6 Å². The predicted octanol–water partition coefficient (Wildman–Crippen LogP) is 2.66. The van der Waals surface area contributed by atoms with E-state index in [9.17, 15) is 0 Å². The van der Waals surface area contributed by atoms with Gasteiger partial charge in [0, 0.05) is 17.2 Å². The minimum atomic E-state index is 0.387. The fourth-order valence-electron chi connectivity index (χ4n) is 1.77. The lowest BCUT2D eigenvalue weighted by atomic mass is 9.82. The molecular weight excluding hydrogens is 178 g/mol. The molecule has 1 heterocycles. The van der Waals surface area contributed by atoms with Crippen LogP contribution in [0.5, 0.6) is 0 Å². The molecule has 0 radical (unpaired) electrons. The number of rotatable bonds is 4. The van der Waals surface area contributed by atoms with Crippen molar-refractivity contribution >= 4 is 16.0 Å². The van der Waals surface area contributed by atoms with Crippen molar-refractivity contribution in [2.75, 3.05) is 12.8 Å². The van der Waals surface area contributed by atoms with Gasteiger partial charge in [0.15, 0.2) is 0 Å². The lowest BCUT2D eigenvalue weighted by Crippen LogP contribution is -2.36. The van der Waals surface area contributed by atoms with E-state index in [2.05, 4.69) is 43.6 Å². The monoisotopic (exact) mass is 197 g/mol. The second kappa shape index (κ2) is 2.96. The van der Waals surface area contributed by atoms with E-state index in [0.717, 1.165) is 0 Å². The van der Waals surface area contributed by atoms with Crippen LogP contribution in [0.1, 0.15) is 27.2 Å². The molecule has 13 heavy (non-hydrogen) atoms. The van der Waals surface area contributed by atoms with Gasteiger partial charge >= 0.3 is 0 Å². The summed E-state index contributed by atoms with van der Waals surface area (Å²) in [7, 11) is 2.77. The van der Waals surface area contributed by atoms with Crippen molar-refractivity contribution in [3.63, 3.8) is 0 Å². The number of hydrogen-bond donors (Lipinski definition) is 0. The highest BCUT2D eigenvalue weighted by Gasteiger charge is 2.37. The van der Waals surface area contributed by atoms with Gasteiger partial charge in [-0.15, -0.1) is 10.7 Å². The Bertz CT molecular complexity index is 288. The molecule has 1 aliphatic heterocycles. The summed E-state index contributed by atoms with van der Waals surface area (Å²) in [6, 6.07) is 0.670. The van der Waals surface area contributed by atoms with Crippen LogP contribution in [-0.2, 0) is 0 Å². The molecule has 0 bridgehead atoms. The zero-order valence-corrected chi connectivity index (χ0v) is 9.82. The van der Waals surface area contributed by atoms with Crippen LogP contribution in [0, 0.1) is 5.41 Å².